The van der Waals surface area contributed by atoms with E-state index in [2.05, 4.69) is 0 Å². The normalized spacial score (nSPS) is 12.1. The Labute approximate surface area is 126 Å². The maximum Gasteiger partial charge on any atom is 0.272 e. The van der Waals surface area contributed by atoms with Crippen molar-refractivity contribution >= 4 is 17.3 Å². The second kappa shape index (κ2) is 6.65. The minimum atomic E-state index is -0.627. The molecule has 1 atom stereocenters. The molecule has 2 aromatic carbocycles. The first-order valence-electron chi connectivity index (χ1n) is 6.38. The van der Waals surface area contributed by atoms with Crippen LogP contribution in [0.5, 0.6) is 0 Å². The maximum atomic E-state index is 13.3. The van der Waals surface area contributed by atoms with E-state index in [4.69, 9.17) is 17.3 Å². The molecular weight excluding hydrogens is 295 g/mol. The Morgan fingerprint density at radius 1 is 1.14 bits per heavy atom. The predicted octanol–water partition coefficient (Wildman–Crippen LogP) is 3.50. The van der Waals surface area contributed by atoms with Crippen molar-refractivity contribution < 1.29 is 9.31 Å². The van der Waals surface area contributed by atoms with Crippen LogP contribution in [0.25, 0.3) is 0 Å². The number of hydrogen-bond acceptors (Lipinski definition) is 3. The van der Waals surface area contributed by atoms with Gasteiger partial charge in [-0.1, -0.05) is 23.7 Å². The molecule has 110 valence electrons. The summed E-state index contributed by atoms with van der Waals surface area (Å²) in [6.07, 6.45) is 0.947. The zero-order valence-corrected chi connectivity index (χ0v) is 11.9. The van der Waals surface area contributed by atoms with E-state index in [0.29, 0.717) is 23.4 Å². The minimum Gasteiger partial charge on any atom is -0.327 e. The van der Waals surface area contributed by atoms with Crippen LogP contribution in [0, 0.1) is 15.9 Å². The molecule has 0 aromatic heterocycles. The first-order chi connectivity index (χ1) is 9.94. The van der Waals surface area contributed by atoms with Gasteiger partial charge in [0, 0.05) is 17.1 Å². The summed E-state index contributed by atoms with van der Waals surface area (Å²) in [5, 5.41) is 11.4. The van der Waals surface area contributed by atoms with Crippen molar-refractivity contribution in [2.24, 2.45) is 5.73 Å². The molecule has 2 N–H and O–H groups in total. The fourth-order valence-corrected chi connectivity index (χ4v) is 2.28. The monoisotopic (exact) mass is 308 g/mol. The quantitative estimate of drug-likeness (QED) is 0.679. The molecule has 0 saturated carbocycles. The number of nitro benzene ring substituents is 1. The van der Waals surface area contributed by atoms with Crippen molar-refractivity contribution in [3.8, 4) is 0 Å². The number of nitrogens with zero attached hydrogens (tertiary/aromatic N) is 1. The molecule has 0 bridgehead atoms. The average molecular weight is 309 g/mol. The molecule has 0 heterocycles. The maximum absolute atomic E-state index is 13.3. The van der Waals surface area contributed by atoms with Crippen LogP contribution in [-0.4, -0.2) is 11.0 Å². The van der Waals surface area contributed by atoms with Crippen LogP contribution < -0.4 is 5.73 Å². The van der Waals surface area contributed by atoms with Crippen LogP contribution in [0.2, 0.25) is 5.02 Å². The van der Waals surface area contributed by atoms with Gasteiger partial charge in [-0.05, 0) is 42.2 Å². The Morgan fingerprint density at radius 3 is 2.38 bits per heavy atom. The molecule has 0 aliphatic carbocycles. The number of rotatable bonds is 5. The Bertz CT molecular complexity index is 647. The number of benzene rings is 2. The highest BCUT2D eigenvalue weighted by atomic mass is 35.5. The SMILES string of the molecule is NC(Cc1ccc(Cl)cc1)Cc1cc(F)cc([N+](=O)[O-])c1. The highest BCUT2D eigenvalue weighted by Gasteiger charge is 2.12. The smallest absolute Gasteiger partial charge is 0.272 e. The molecule has 0 radical (unpaired) electrons. The van der Waals surface area contributed by atoms with Gasteiger partial charge < -0.3 is 5.73 Å². The first-order valence-corrected chi connectivity index (χ1v) is 6.76. The van der Waals surface area contributed by atoms with Gasteiger partial charge in [0.2, 0.25) is 0 Å². The molecule has 2 rings (SSSR count). The fourth-order valence-electron chi connectivity index (χ4n) is 2.15. The van der Waals surface area contributed by atoms with E-state index in [-0.39, 0.29) is 11.7 Å². The summed E-state index contributed by atoms with van der Waals surface area (Å²) < 4.78 is 13.3. The number of hydrogen-bond donors (Lipinski definition) is 1. The molecule has 0 spiro atoms. The highest BCUT2D eigenvalue weighted by molar-refractivity contribution is 6.30. The first kappa shape index (κ1) is 15.4. The minimum absolute atomic E-state index is 0.257. The second-order valence-electron chi connectivity index (χ2n) is 4.87. The van der Waals surface area contributed by atoms with Crippen molar-refractivity contribution in [2.45, 2.75) is 18.9 Å². The second-order valence-corrected chi connectivity index (χ2v) is 5.31. The van der Waals surface area contributed by atoms with Crippen molar-refractivity contribution in [3.05, 3.63) is 74.5 Å². The van der Waals surface area contributed by atoms with E-state index in [1.165, 1.54) is 12.1 Å². The average Bonchev–Trinajstić information content (AvgIpc) is 2.40. The van der Waals surface area contributed by atoms with E-state index in [1.807, 2.05) is 12.1 Å². The Hall–Kier alpha value is -1.98. The van der Waals surface area contributed by atoms with Gasteiger partial charge in [0.05, 0.1) is 11.0 Å². The van der Waals surface area contributed by atoms with Crippen LogP contribution in [0.15, 0.2) is 42.5 Å². The van der Waals surface area contributed by atoms with Crippen molar-refractivity contribution in [1.82, 2.24) is 0 Å². The third-order valence-electron chi connectivity index (χ3n) is 3.06. The number of halogens is 2. The summed E-state index contributed by atoms with van der Waals surface area (Å²) in [6.45, 7) is 0. The van der Waals surface area contributed by atoms with Gasteiger partial charge in [0.1, 0.15) is 5.82 Å². The molecule has 0 saturated heterocycles. The third kappa shape index (κ3) is 4.51. The van der Waals surface area contributed by atoms with Crippen LogP contribution >= 0.6 is 11.6 Å². The van der Waals surface area contributed by atoms with Gasteiger partial charge in [0.15, 0.2) is 0 Å². The van der Waals surface area contributed by atoms with Gasteiger partial charge >= 0.3 is 0 Å². The molecule has 1 unspecified atom stereocenters. The summed E-state index contributed by atoms with van der Waals surface area (Å²) in [5.74, 6) is -0.627. The lowest BCUT2D eigenvalue weighted by atomic mass is 9.99. The fraction of sp³-hybridized carbons (Fsp3) is 0.200. The van der Waals surface area contributed by atoms with Gasteiger partial charge in [0.25, 0.3) is 5.69 Å². The van der Waals surface area contributed by atoms with E-state index >= 15 is 0 Å². The molecule has 0 aliphatic heterocycles. The largest absolute Gasteiger partial charge is 0.327 e. The van der Waals surface area contributed by atoms with E-state index in [1.54, 1.807) is 12.1 Å². The predicted molar refractivity (Wildman–Crippen MR) is 79.9 cm³/mol. The summed E-state index contributed by atoms with van der Waals surface area (Å²) in [5.41, 5.74) is 7.29. The zero-order valence-electron chi connectivity index (χ0n) is 11.1. The Kier molecular flexibility index (Phi) is 4.88. The van der Waals surface area contributed by atoms with Gasteiger partial charge in [-0.15, -0.1) is 0 Å². The van der Waals surface area contributed by atoms with E-state index < -0.39 is 10.7 Å². The van der Waals surface area contributed by atoms with E-state index in [0.717, 1.165) is 11.6 Å². The zero-order chi connectivity index (χ0) is 15.4. The number of nitro groups is 1. The highest BCUT2D eigenvalue weighted by Crippen LogP contribution is 2.18. The topological polar surface area (TPSA) is 69.2 Å². The molecule has 0 aliphatic rings. The van der Waals surface area contributed by atoms with E-state index in [9.17, 15) is 14.5 Å². The summed E-state index contributed by atoms with van der Waals surface area (Å²) in [4.78, 5) is 10.1. The van der Waals surface area contributed by atoms with Crippen LogP contribution in [0.4, 0.5) is 10.1 Å². The molecule has 6 heteroatoms. The summed E-state index contributed by atoms with van der Waals surface area (Å²) in [6, 6.07) is 10.6. The molecule has 0 fully saturated rings. The van der Waals surface area contributed by atoms with Crippen LogP contribution in [0.1, 0.15) is 11.1 Å². The molecule has 2 aromatic rings. The van der Waals surface area contributed by atoms with Crippen molar-refractivity contribution in [3.63, 3.8) is 0 Å². The van der Waals surface area contributed by atoms with Gasteiger partial charge in [-0.2, -0.15) is 0 Å². The summed E-state index contributed by atoms with van der Waals surface area (Å²) >= 11 is 5.81. The molecule has 4 nitrogen and oxygen atoms in total. The number of nitrogens with two attached hydrogens (primary N) is 1. The number of non-ortho nitro benzene ring substituents is 1. The molecule has 0 amide bonds. The van der Waals surface area contributed by atoms with Crippen molar-refractivity contribution in [2.75, 3.05) is 0 Å². The lowest BCUT2D eigenvalue weighted by Gasteiger charge is -2.12. The lowest BCUT2D eigenvalue weighted by molar-refractivity contribution is -0.385. The lowest BCUT2D eigenvalue weighted by Crippen LogP contribution is -2.25. The van der Waals surface area contributed by atoms with Gasteiger partial charge in [-0.3, -0.25) is 10.1 Å². The Morgan fingerprint density at radius 2 is 1.76 bits per heavy atom. The third-order valence-corrected chi connectivity index (χ3v) is 3.31. The van der Waals surface area contributed by atoms with Gasteiger partial charge in [-0.25, -0.2) is 4.39 Å². The summed E-state index contributed by atoms with van der Waals surface area (Å²) in [7, 11) is 0. The van der Waals surface area contributed by atoms with Crippen LogP contribution in [0.3, 0.4) is 0 Å². The van der Waals surface area contributed by atoms with Crippen molar-refractivity contribution in [1.29, 1.82) is 0 Å². The molecule has 21 heavy (non-hydrogen) atoms. The standard InChI is InChI=1S/C15H14ClFN2O2/c16-12-3-1-10(2-4-12)6-14(18)7-11-5-13(17)9-15(8-11)19(20)21/h1-5,8-9,14H,6-7,18H2. The Balaban J connectivity index is 2.07. The molecular formula is C15H14ClFN2O2. The van der Waals surface area contributed by atoms with Crippen LogP contribution in [-0.2, 0) is 12.8 Å².